The second kappa shape index (κ2) is 10.1. The minimum atomic E-state index is 0.624. The van der Waals surface area contributed by atoms with Crippen LogP contribution in [0.3, 0.4) is 0 Å². The first-order valence-corrected chi connectivity index (χ1v) is 5.34. The molecule has 0 spiro atoms. The van der Waals surface area contributed by atoms with E-state index < -0.39 is 0 Å². The summed E-state index contributed by atoms with van der Waals surface area (Å²) in [6, 6.07) is 4.25. The Labute approximate surface area is 89.2 Å². The Balaban J connectivity index is 0. The van der Waals surface area contributed by atoms with Gasteiger partial charge in [0.05, 0.1) is 0 Å². The number of H-pyrrole nitrogens is 1. The Morgan fingerprint density at radius 3 is 1.86 bits per heavy atom. The summed E-state index contributed by atoms with van der Waals surface area (Å²) in [5.41, 5.74) is 2.58. The molecule has 1 heteroatoms. The molecule has 0 bridgehead atoms. The van der Waals surface area contributed by atoms with E-state index in [1.54, 1.807) is 6.08 Å². The van der Waals surface area contributed by atoms with Crippen LogP contribution in [-0.2, 0) is 0 Å². The lowest BCUT2D eigenvalue weighted by atomic mass is 10.1. The summed E-state index contributed by atoms with van der Waals surface area (Å²) in [7, 11) is 0. The molecule has 1 nitrogen and oxygen atoms in total. The first kappa shape index (κ1) is 15.5. The largest absolute Gasteiger partial charge is 0.362 e. The van der Waals surface area contributed by atoms with E-state index in [-0.39, 0.29) is 0 Å². The SMILES string of the molecule is C=CC.CC.Cc1ccc(C(C)C)[nH]1. The van der Waals surface area contributed by atoms with Gasteiger partial charge < -0.3 is 4.98 Å². The van der Waals surface area contributed by atoms with E-state index in [1.165, 1.54) is 11.4 Å². The minimum absolute atomic E-state index is 0.624. The Bertz CT molecular complexity index is 221. The predicted octanol–water partition coefficient (Wildman–Crippen LogP) is 4.67. The quantitative estimate of drug-likeness (QED) is 0.627. The van der Waals surface area contributed by atoms with Crippen molar-refractivity contribution in [2.24, 2.45) is 0 Å². The molecular weight excluding hydrogens is 170 g/mol. The van der Waals surface area contributed by atoms with Gasteiger partial charge in [-0.25, -0.2) is 0 Å². The second-order valence-electron chi connectivity index (χ2n) is 3.16. The lowest BCUT2D eigenvalue weighted by Gasteiger charge is -1.98. The fourth-order valence-electron chi connectivity index (χ4n) is 0.863. The van der Waals surface area contributed by atoms with Crippen LogP contribution < -0.4 is 0 Å². The summed E-state index contributed by atoms with van der Waals surface area (Å²) in [5, 5.41) is 0. The van der Waals surface area contributed by atoms with E-state index in [2.05, 4.69) is 44.5 Å². The van der Waals surface area contributed by atoms with Gasteiger partial charge in [-0.05, 0) is 31.9 Å². The van der Waals surface area contributed by atoms with Crippen molar-refractivity contribution in [3.63, 3.8) is 0 Å². The molecule has 0 fully saturated rings. The molecule has 0 atom stereocenters. The van der Waals surface area contributed by atoms with Crippen molar-refractivity contribution in [2.45, 2.75) is 47.5 Å². The molecular formula is C13H25N. The second-order valence-corrected chi connectivity index (χ2v) is 3.16. The predicted molar refractivity (Wildman–Crippen MR) is 66.8 cm³/mol. The van der Waals surface area contributed by atoms with Gasteiger partial charge in [0.25, 0.3) is 0 Å². The minimum Gasteiger partial charge on any atom is -0.362 e. The molecule has 82 valence electrons. The topological polar surface area (TPSA) is 15.8 Å². The maximum Gasteiger partial charge on any atom is 0.0175 e. The maximum atomic E-state index is 3.36. The Kier molecular flexibility index (Phi) is 11.2. The standard InChI is InChI=1S/C8H13N.C3H6.C2H6/c1-6(2)8-5-4-7(3)9-8;1-3-2;1-2/h4-6,9H,1-3H3;3H,1H2,2H3;1-2H3. The van der Waals surface area contributed by atoms with Gasteiger partial charge >= 0.3 is 0 Å². The van der Waals surface area contributed by atoms with Crippen LogP contribution >= 0.6 is 0 Å². The summed E-state index contributed by atoms with van der Waals surface area (Å²) < 4.78 is 0. The molecule has 0 saturated heterocycles. The fraction of sp³-hybridized carbons (Fsp3) is 0.538. The third-order valence-electron chi connectivity index (χ3n) is 1.48. The van der Waals surface area contributed by atoms with Gasteiger partial charge in [-0.3, -0.25) is 0 Å². The highest BCUT2D eigenvalue weighted by Crippen LogP contribution is 2.11. The van der Waals surface area contributed by atoms with E-state index in [9.17, 15) is 0 Å². The van der Waals surface area contributed by atoms with Gasteiger partial charge in [0, 0.05) is 11.4 Å². The van der Waals surface area contributed by atoms with Gasteiger partial charge in [-0.2, -0.15) is 0 Å². The van der Waals surface area contributed by atoms with E-state index in [0.717, 1.165) is 0 Å². The monoisotopic (exact) mass is 195 g/mol. The Hall–Kier alpha value is -0.980. The van der Waals surface area contributed by atoms with E-state index in [1.807, 2.05) is 20.8 Å². The van der Waals surface area contributed by atoms with Crippen molar-refractivity contribution >= 4 is 0 Å². The average molecular weight is 195 g/mol. The molecule has 0 amide bonds. The lowest BCUT2D eigenvalue weighted by Crippen LogP contribution is -1.85. The normalized spacial score (nSPS) is 8.21. The van der Waals surface area contributed by atoms with Gasteiger partial charge in [0.1, 0.15) is 0 Å². The molecule has 1 rings (SSSR count). The number of hydrogen-bond donors (Lipinski definition) is 1. The van der Waals surface area contributed by atoms with Crippen LogP contribution in [0.1, 0.15) is 51.9 Å². The average Bonchev–Trinajstić information content (AvgIpc) is 2.57. The Morgan fingerprint density at radius 1 is 1.29 bits per heavy atom. The highest BCUT2D eigenvalue weighted by Gasteiger charge is 1.97. The molecule has 0 radical (unpaired) electrons. The van der Waals surface area contributed by atoms with Crippen LogP contribution in [0.4, 0.5) is 0 Å². The molecule has 0 aromatic carbocycles. The summed E-state index contributed by atoms with van der Waals surface area (Å²) in [6.45, 7) is 15.7. The van der Waals surface area contributed by atoms with E-state index in [0.29, 0.717) is 5.92 Å². The number of nitrogens with one attached hydrogen (secondary N) is 1. The van der Waals surface area contributed by atoms with Gasteiger partial charge in [-0.1, -0.05) is 33.8 Å². The van der Waals surface area contributed by atoms with Crippen molar-refractivity contribution in [3.05, 3.63) is 36.2 Å². The van der Waals surface area contributed by atoms with Crippen LogP contribution in [0, 0.1) is 6.92 Å². The summed E-state index contributed by atoms with van der Waals surface area (Å²) in [5.74, 6) is 0.624. The number of hydrogen-bond acceptors (Lipinski definition) is 0. The van der Waals surface area contributed by atoms with Crippen LogP contribution in [0.2, 0.25) is 0 Å². The molecule has 14 heavy (non-hydrogen) atoms. The highest BCUT2D eigenvalue weighted by molar-refractivity contribution is 5.14. The first-order chi connectivity index (χ1) is 6.61. The van der Waals surface area contributed by atoms with Gasteiger partial charge in [0.2, 0.25) is 0 Å². The van der Waals surface area contributed by atoms with Gasteiger partial charge in [0.15, 0.2) is 0 Å². The molecule has 1 aromatic heterocycles. The third kappa shape index (κ3) is 7.66. The van der Waals surface area contributed by atoms with Crippen LogP contribution in [0.5, 0.6) is 0 Å². The molecule has 0 unspecified atom stereocenters. The highest BCUT2D eigenvalue weighted by atomic mass is 14.7. The molecule has 1 heterocycles. The summed E-state index contributed by atoms with van der Waals surface area (Å²) in [4.78, 5) is 3.28. The fourth-order valence-corrected chi connectivity index (χ4v) is 0.863. The van der Waals surface area contributed by atoms with Crippen molar-refractivity contribution < 1.29 is 0 Å². The van der Waals surface area contributed by atoms with Crippen molar-refractivity contribution in [1.82, 2.24) is 4.98 Å². The zero-order valence-electron chi connectivity index (χ0n) is 10.5. The number of allylic oxidation sites excluding steroid dienone is 1. The Morgan fingerprint density at radius 2 is 1.71 bits per heavy atom. The maximum absolute atomic E-state index is 3.36. The number of aromatic nitrogens is 1. The van der Waals surface area contributed by atoms with Crippen molar-refractivity contribution in [1.29, 1.82) is 0 Å². The van der Waals surface area contributed by atoms with Crippen molar-refractivity contribution in [2.75, 3.05) is 0 Å². The third-order valence-corrected chi connectivity index (χ3v) is 1.48. The summed E-state index contributed by atoms with van der Waals surface area (Å²) >= 11 is 0. The van der Waals surface area contributed by atoms with Crippen LogP contribution in [0.15, 0.2) is 24.8 Å². The molecule has 0 aliphatic heterocycles. The molecule has 0 aliphatic rings. The zero-order valence-corrected chi connectivity index (χ0v) is 10.5. The molecule has 0 saturated carbocycles. The molecule has 0 aliphatic carbocycles. The molecule has 1 N–H and O–H groups in total. The smallest absolute Gasteiger partial charge is 0.0175 e. The summed E-state index contributed by atoms with van der Waals surface area (Å²) in [6.07, 6.45) is 1.75. The molecule has 1 aromatic rings. The van der Waals surface area contributed by atoms with Crippen LogP contribution in [-0.4, -0.2) is 4.98 Å². The lowest BCUT2D eigenvalue weighted by molar-refractivity contribution is 0.829. The van der Waals surface area contributed by atoms with Gasteiger partial charge in [-0.15, -0.1) is 6.58 Å². The van der Waals surface area contributed by atoms with Crippen molar-refractivity contribution in [3.8, 4) is 0 Å². The zero-order chi connectivity index (χ0) is 11.6. The number of rotatable bonds is 1. The number of aromatic amines is 1. The first-order valence-electron chi connectivity index (χ1n) is 5.34. The van der Waals surface area contributed by atoms with Crippen LogP contribution in [0.25, 0.3) is 0 Å². The number of aryl methyl sites for hydroxylation is 1. The van der Waals surface area contributed by atoms with E-state index >= 15 is 0 Å². The van der Waals surface area contributed by atoms with E-state index in [4.69, 9.17) is 0 Å².